The molecule has 0 saturated heterocycles. The molecule has 0 N–H and O–H groups in total. The molecule has 1 aliphatic rings. The summed E-state index contributed by atoms with van der Waals surface area (Å²) in [5, 5.41) is 2.99. The van der Waals surface area contributed by atoms with Gasteiger partial charge < -0.3 is 0 Å². The number of thiol groups is 1. The highest BCUT2D eigenvalue weighted by Gasteiger charge is 2.34. The summed E-state index contributed by atoms with van der Waals surface area (Å²) in [7, 11) is 0. The van der Waals surface area contributed by atoms with E-state index < -0.39 is 5.37 Å². The zero-order valence-corrected chi connectivity index (χ0v) is 11.3. The maximum absolute atomic E-state index is 4.90. The van der Waals surface area contributed by atoms with Crippen molar-refractivity contribution in [3.05, 3.63) is 0 Å². The zero-order valence-electron chi connectivity index (χ0n) is 10.4. The van der Waals surface area contributed by atoms with Crippen LogP contribution in [0.3, 0.4) is 0 Å². The van der Waals surface area contributed by atoms with Gasteiger partial charge in [-0.1, -0.05) is 0 Å². The minimum absolute atomic E-state index is 0.422. The van der Waals surface area contributed by atoms with Gasteiger partial charge in [0.25, 0.3) is 5.37 Å². The highest BCUT2D eigenvalue weighted by Crippen LogP contribution is 2.07. The van der Waals surface area contributed by atoms with Gasteiger partial charge in [0.05, 0.1) is 0 Å². The lowest BCUT2D eigenvalue weighted by Gasteiger charge is -1.75. The van der Waals surface area contributed by atoms with Gasteiger partial charge in [0.15, 0.2) is 0 Å². The molecule has 0 aromatic rings. The lowest BCUT2D eigenvalue weighted by molar-refractivity contribution is -0.651. The van der Waals surface area contributed by atoms with Gasteiger partial charge in [-0.05, 0) is 88.8 Å². The monoisotopic (exact) mass is 283 g/mol. The van der Waals surface area contributed by atoms with E-state index in [1.165, 1.54) is 4.86 Å². The number of rotatable bonds is 1. The third kappa shape index (κ3) is 8.89. The number of hydrogen-bond donors (Lipinski definition) is 1. The Morgan fingerprint density at radius 2 is 1.14 bits per heavy atom. The Hall–Kier alpha value is -3.77. The molecular formula is C17H3N2OS+. The van der Waals surface area contributed by atoms with Crippen molar-refractivity contribution in [2.45, 2.75) is 5.37 Å². The third-order valence-corrected chi connectivity index (χ3v) is 1.74. The quantitative estimate of drug-likeness (QED) is 0.416. The minimum atomic E-state index is -0.422. The van der Waals surface area contributed by atoms with Crippen molar-refractivity contribution in [2.75, 3.05) is 0 Å². The van der Waals surface area contributed by atoms with Crippen LogP contribution in [0.25, 0.3) is 0 Å². The summed E-state index contributed by atoms with van der Waals surface area (Å²) in [5.41, 5.74) is 0. The van der Waals surface area contributed by atoms with E-state index in [4.69, 9.17) is 6.42 Å². The van der Waals surface area contributed by atoms with Crippen LogP contribution < -0.4 is 0 Å². The molecule has 0 aromatic carbocycles. The lowest BCUT2D eigenvalue weighted by Crippen LogP contribution is -2.02. The molecule has 1 aliphatic heterocycles. The minimum Gasteiger partial charge on any atom is -0.109 e. The second-order valence-corrected chi connectivity index (χ2v) is 3.24. The van der Waals surface area contributed by atoms with Gasteiger partial charge in [0.1, 0.15) is 0 Å². The van der Waals surface area contributed by atoms with Crippen molar-refractivity contribution < 1.29 is 9.80 Å². The van der Waals surface area contributed by atoms with Crippen LogP contribution in [0, 0.1) is 95.2 Å². The normalized spacial score (nSPS) is 8.86. The van der Waals surface area contributed by atoms with E-state index in [0.29, 0.717) is 0 Å². The van der Waals surface area contributed by atoms with E-state index in [2.05, 4.69) is 112 Å². The van der Waals surface area contributed by atoms with Crippen LogP contribution in [0.5, 0.6) is 0 Å². The molecule has 0 aliphatic carbocycles. The van der Waals surface area contributed by atoms with Crippen LogP contribution in [0.15, 0.2) is 5.28 Å². The maximum Gasteiger partial charge on any atom is 0.408 e. The molecular weight excluding hydrogens is 280 g/mol. The Labute approximate surface area is 128 Å². The Balaban J connectivity index is 2.39. The Bertz CT molecular complexity index is 932. The van der Waals surface area contributed by atoms with Crippen LogP contribution >= 0.6 is 12.6 Å². The second-order valence-electron chi connectivity index (χ2n) is 2.75. The average Bonchev–Trinajstić information content (AvgIpc) is 3.32. The van der Waals surface area contributed by atoms with E-state index in [9.17, 15) is 0 Å². The van der Waals surface area contributed by atoms with Gasteiger partial charge in [-0.25, -0.2) is 0 Å². The number of hydrogen-bond acceptors (Lipinski definition) is 3. The smallest absolute Gasteiger partial charge is 0.109 e. The van der Waals surface area contributed by atoms with E-state index in [-0.39, 0.29) is 0 Å². The fraction of sp³-hybridized carbons (Fsp3) is 0.0588. The van der Waals surface area contributed by atoms with Crippen molar-refractivity contribution in [1.29, 1.82) is 0 Å². The van der Waals surface area contributed by atoms with E-state index in [0.717, 1.165) is 0 Å². The van der Waals surface area contributed by atoms with Gasteiger partial charge in [0, 0.05) is 4.94 Å². The topological polar surface area (TPSA) is 27.9 Å². The van der Waals surface area contributed by atoms with E-state index in [1.807, 2.05) is 0 Å². The summed E-state index contributed by atoms with van der Waals surface area (Å²) >= 11 is 4.07. The molecule has 21 heavy (non-hydrogen) atoms. The van der Waals surface area contributed by atoms with E-state index >= 15 is 0 Å². The molecule has 92 valence electrons. The summed E-state index contributed by atoms with van der Waals surface area (Å²) < 4.78 is 0. The maximum atomic E-state index is 4.90. The summed E-state index contributed by atoms with van der Waals surface area (Å²) in [6.45, 7) is 0. The molecule has 0 fully saturated rings. The number of nitrogens with zero attached hydrogens (tertiary/aromatic N) is 2. The Morgan fingerprint density at radius 1 is 0.762 bits per heavy atom. The van der Waals surface area contributed by atoms with Crippen molar-refractivity contribution in [3.8, 4) is 95.2 Å². The standard InChI is InChI=1S/C17H2N2OS/c1-2-3-4-5-6-7-8-9-10-11-12-13-14-15-16-17(21)19-18-20-19/h1,17H/p+1. The molecule has 0 saturated carbocycles. The summed E-state index contributed by atoms with van der Waals surface area (Å²) in [4.78, 5) is 5.72. The molecule has 3 nitrogen and oxygen atoms in total. The molecule has 1 rings (SSSR count). The predicted octanol–water partition coefficient (Wildman–Crippen LogP) is 0.224. The summed E-state index contributed by atoms with van der Waals surface area (Å²) in [6, 6.07) is 0. The van der Waals surface area contributed by atoms with Crippen LogP contribution in [0.4, 0.5) is 0 Å². The largest absolute Gasteiger partial charge is 0.408 e. The fourth-order valence-corrected chi connectivity index (χ4v) is 0.795. The molecule has 1 heterocycles. The van der Waals surface area contributed by atoms with Crippen molar-refractivity contribution in [2.24, 2.45) is 5.28 Å². The molecule has 0 bridgehead atoms. The number of terminal acetylenes is 1. The second kappa shape index (κ2) is 10.2. The highest BCUT2D eigenvalue weighted by molar-refractivity contribution is 7.81. The summed E-state index contributed by atoms with van der Waals surface area (Å²) in [5.74, 6) is 36.9. The first-order valence-electron chi connectivity index (χ1n) is 5.16. The predicted molar refractivity (Wildman–Crippen MR) is 79.8 cm³/mol. The van der Waals surface area contributed by atoms with Crippen LogP contribution in [0.2, 0.25) is 0 Å². The third-order valence-electron chi connectivity index (χ3n) is 1.41. The van der Waals surface area contributed by atoms with Crippen molar-refractivity contribution >= 4 is 12.6 Å². The lowest BCUT2D eigenvalue weighted by atomic mass is 10.5. The van der Waals surface area contributed by atoms with Gasteiger partial charge in [0.2, 0.25) is 4.86 Å². The Morgan fingerprint density at radius 3 is 1.52 bits per heavy atom. The molecule has 1 atom stereocenters. The molecule has 0 aromatic heterocycles. The summed E-state index contributed by atoms with van der Waals surface area (Å²) in [6.07, 6.45) is 4.90. The van der Waals surface area contributed by atoms with Gasteiger partial charge >= 0.3 is 5.28 Å². The van der Waals surface area contributed by atoms with Crippen molar-refractivity contribution in [1.82, 2.24) is 0 Å². The SMILES string of the molecule is C#CC#CC#CC#CC#CC#CC#CC#CC(S)[N+]1=NO1. The first-order chi connectivity index (χ1) is 10.3. The van der Waals surface area contributed by atoms with Crippen LogP contribution in [0.1, 0.15) is 0 Å². The van der Waals surface area contributed by atoms with Crippen molar-refractivity contribution in [3.63, 3.8) is 0 Å². The molecule has 0 radical (unpaired) electrons. The van der Waals surface area contributed by atoms with Crippen LogP contribution in [-0.4, -0.2) is 10.2 Å². The first-order valence-corrected chi connectivity index (χ1v) is 5.68. The molecule has 1 unspecified atom stereocenters. The fourth-order valence-electron chi connectivity index (χ4n) is 0.646. The van der Waals surface area contributed by atoms with Gasteiger partial charge in [-0.2, -0.15) is 0 Å². The van der Waals surface area contributed by atoms with Crippen LogP contribution in [-0.2, 0) is 4.94 Å². The van der Waals surface area contributed by atoms with Gasteiger partial charge in [-0.3, -0.25) is 0 Å². The zero-order chi connectivity index (χ0) is 15.2. The number of hydroxylamine groups is 1. The Kier molecular flexibility index (Phi) is 7.41. The highest BCUT2D eigenvalue weighted by atomic mass is 32.1. The molecule has 0 spiro atoms. The molecule has 0 amide bonds. The molecule has 4 heteroatoms. The first kappa shape index (κ1) is 15.3. The van der Waals surface area contributed by atoms with E-state index in [1.54, 1.807) is 0 Å². The average molecular weight is 283 g/mol. The van der Waals surface area contributed by atoms with Gasteiger partial charge in [-0.15, -0.1) is 19.1 Å².